The molecular weight excluding hydrogens is 324 g/mol. The number of halogens is 1. The number of rotatable bonds is 3. The Kier molecular flexibility index (Phi) is 4.42. The maximum Gasteiger partial charge on any atom is 0.273 e. The first-order chi connectivity index (χ1) is 9.45. The van der Waals surface area contributed by atoms with E-state index < -0.39 is 4.92 Å². The van der Waals surface area contributed by atoms with Crippen molar-refractivity contribution in [2.24, 2.45) is 5.92 Å². The van der Waals surface area contributed by atoms with E-state index in [1.165, 1.54) is 6.07 Å². The molecule has 5 nitrogen and oxygen atoms in total. The maximum atomic E-state index is 12.5. The molecule has 0 N–H and O–H groups in total. The average Bonchev–Trinajstić information content (AvgIpc) is 2.79. The van der Waals surface area contributed by atoms with E-state index in [1.54, 1.807) is 19.1 Å². The minimum Gasteiger partial charge on any atom is -0.335 e. The Hall–Kier alpha value is -1.43. The minimum absolute atomic E-state index is 0.00140. The van der Waals surface area contributed by atoms with Crippen molar-refractivity contribution in [3.63, 3.8) is 0 Å². The third-order valence-corrected chi connectivity index (χ3v) is 4.62. The maximum absolute atomic E-state index is 12.5. The largest absolute Gasteiger partial charge is 0.335 e. The Morgan fingerprint density at radius 2 is 2.25 bits per heavy atom. The summed E-state index contributed by atoms with van der Waals surface area (Å²) in [5.41, 5.74) is 0.958. The predicted octanol–water partition coefficient (Wildman–Crippen LogP) is 3.15. The smallest absolute Gasteiger partial charge is 0.273 e. The fourth-order valence-corrected chi connectivity index (χ4v) is 3.59. The molecule has 1 heterocycles. The summed E-state index contributed by atoms with van der Waals surface area (Å²) >= 11 is 3.45. The van der Waals surface area contributed by atoms with Gasteiger partial charge in [0, 0.05) is 35.1 Å². The van der Waals surface area contributed by atoms with E-state index in [2.05, 4.69) is 22.9 Å². The van der Waals surface area contributed by atoms with Crippen LogP contribution in [0.4, 0.5) is 5.69 Å². The number of benzene rings is 1. The Bertz CT molecular complexity index is 547. The lowest BCUT2D eigenvalue weighted by Gasteiger charge is -2.25. The average molecular weight is 341 g/mol. The van der Waals surface area contributed by atoms with Gasteiger partial charge in [-0.3, -0.25) is 14.9 Å². The number of alkyl halides is 1. The van der Waals surface area contributed by atoms with Crippen LogP contribution in [0, 0.1) is 23.0 Å². The van der Waals surface area contributed by atoms with Crippen molar-refractivity contribution in [1.29, 1.82) is 0 Å². The number of hydrogen-bond acceptors (Lipinski definition) is 3. The van der Waals surface area contributed by atoms with E-state index in [9.17, 15) is 14.9 Å². The Morgan fingerprint density at radius 1 is 1.55 bits per heavy atom. The molecule has 0 bridgehead atoms. The molecule has 0 aliphatic carbocycles. The van der Waals surface area contributed by atoms with Crippen molar-refractivity contribution in [2.45, 2.75) is 26.3 Å². The van der Waals surface area contributed by atoms with E-state index in [-0.39, 0.29) is 17.6 Å². The molecule has 1 fully saturated rings. The molecule has 0 saturated carbocycles. The van der Waals surface area contributed by atoms with E-state index in [0.29, 0.717) is 23.6 Å². The highest BCUT2D eigenvalue weighted by molar-refractivity contribution is 9.09. The number of likely N-dealkylation sites (tertiary alicyclic amines) is 1. The van der Waals surface area contributed by atoms with Gasteiger partial charge in [-0.2, -0.15) is 0 Å². The van der Waals surface area contributed by atoms with Crippen molar-refractivity contribution in [3.8, 4) is 0 Å². The SMILES string of the molecule is Cc1ccc(C(=O)N2CCC(C)C2CBr)cc1[N+](=O)[O-]. The predicted molar refractivity (Wildman–Crippen MR) is 80.2 cm³/mol. The van der Waals surface area contributed by atoms with Crippen LogP contribution in [-0.2, 0) is 0 Å². The minimum atomic E-state index is -0.444. The fourth-order valence-electron chi connectivity index (χ4n) is 2.60. The highest BCUT2D eigenvalue weighted by atomic mass is 79.9. The van der Waals surface area contributed by atoms with Gasteiger partial charge >= 0.3 is 0 Å². The molecule has 1 aliphatic rings. The number of hydrogen-bond donors (Lipinski definition) is 0. The summed E-state index contributed by atoms with van der Waals surface area (Å²) in [6.07, 6.45) is 0.968. The van der Waals surface area contributed by atoms with Crippen molar-refractivity contribution in [2.75, 3.05) is 11.9 Å². The highest BCUT2D eigenvalue weighted by Crippen LogP contribution is 2.28. The van der Waals surface area contributed by atoms with Crippen LogP contribution in [0.2, 0.25) is 0 Å². The zero-order valence-electron chi connectivity index (χ0n) is 11.5. The molecule has 1 aromatic carbocycles. The monoisotopic (exact) mass is 340 g/mol. The Morgan fingerprint density at radius 3 is 2.85 bits per heavy atom. The molecule has 1 aliphatic heterocycles. The van der Waals surface area contributed by atoms with Gasteiger partial charge < -0.3 is 4.90 Å². The van der Waals surface area contributed by atoms with Crippen LogP contribution in [0.1, 0.15) is 29.3 Å². The van der Waals surface area contributed by atoms with E-state index >= 15 is 0 Å². The molecule has 2 rings (SSSR count). The summed E-state index contributed by atoms with van der Waals surface area (Å²) in [7, 11) is 0. The zero-order valence-corrected chi connectivity index (χ0v) is 13.1. The summed E-state index contributed by atoms with van der Waals surface area (Å²) in [6, 6.07) is 4.83. The molecule has 1 aromatic rings. The number of nitrogens with zero attached hydrogens (tertiary/aromatic N) is 2. The van der Waals surface area contributed by atoms with Crippen molar-refractivity contribution < 1.29 is 9.72 Å². The molecule has 6 heteroatoms. The Labute approximate surface area is 126 Å². The van der Waals surface area contributed by atoms with E-state index in [1.807, 2.05) is 4.90 Å². The molecule has 1 amide bonds. The molecule has 2 atom stereocenters. The summed E-state index contributed by atoms with van der Waals surface area (Å²) < 4.78 is 0. The second-order valence-corrected chi connectivity index (χ2v) is 5.89. The summed E-state index contributed by atoms with van der Waals surface area (Å²) in [6.45, 7) is 4.50. The lowest BCUT2D eigenvalue weighted by atomic mass is 10.0. The number of nitro benzene ring substituents is 1. The molecule has 0 radical (unpaired) electrons. The van der Waals surface area contributed by atoms with Crippen LogP contribution in [0.15, 0.2) is 18.2 Å². The number of carbonyl (C=O) groups excluding carboxylic acids is 1. The van der Waals surface area contributed by atoms with Gasteiger partial charge in [0.2, 0.25) is 0 Å². The Balaban J connectivity index is 2.30. The first-order valence-electron chi connectivity index (χ1n) is 6.57. The van der Waals surface area contributed by atoms with Gasteiger partial charge in [0.25, 0.3) is 11.6 Å². The van der Waals surface area contributed by atoms with E-state index in [4.69, 9.17) is 0 Å². The normalized spacial score (nSPS) is 22.1. The number of aryl methyl sites for hydroxylation is 1. The number of amides is 1. The highest BCUT2D eigenvalue weighted by Gasteiger charge is 2.34. The van der Waals surface area contributed by atoms with Crippen LogP contribution in [-0.4, -0.2) is 33.6 Å². The first-order valence-corrected chi connectivity index (χ1v) is 7.69. The molecule has 0 spiro atoms. The number of carbonyl (C=O) groups is 1. The zero-order chi connectivity index (χ0) is 14.9. The van der Waals surface area contributed by atoms with Crippen molar-refractivity contribution in [1.82, 2.24) is 4.90 Å². The molecule has 1 saturated heterocycles. The molecule has 0 aromatic heterocycles. The van der Waals surface area contributed by atoms with Crippen molar-refractivity contribution >= 4 is 27.5 Å². The standard InChI is InChI=1S/C14H17BrN2O3/c1-9-3-4-11(7-12(9)17(19)20)14(18)16-6-5-10(2)13(16)8-15/h3-4,7,10,13H,5-6,8H2,1-2H3. The summed E-state index contributed by atoms with van der Waals surface area (Å²) in [5, 5.41) is 11.7. The second kappa shape index (κ2) is 5.91. The molecule has 20 heavy (non-hydrogen) atoms. The summed E-state index contributed by atoms with van der Waals surface area (Å²) in [4.78, 5) is 24.9. The van der Waals surface area contributed by atoms with Crippen molar-refractivity contribution in [3.05, 3.63) is 39.4 Å². The van der Waals surface area contributed by atoms with Crippen LogP contribution < -0.4 is 0 Å². The van der Waals surface area contributed by atoms with Crippen LogP contribution >= 0.6 is 15.9 Å². The first kappa shape index (κ1) is 15.0. The third-order valence-electron chi connectivity index (χ3n) is 3.95. The van der Waals surface area contributed by atoms with Crippen LogP contribution in [0.5, 0.6) is 0 Å². The van der Waals surface area contributed by atoms with Gasteiger partial charge in [0.15, 0.2) is 0 Å². The van der Waals surface area contributed by atoms with Gasteiger partial charge in [-0.25, -0.2) is 0 Å². The fraction of sp³-hybridized carbons (Fsp3) is 0.500. The quantitative estimate of drug-likeness (QED) is 0.482. The number of nitro groups is 1. The van der Waals surface area contributed by atoms with Gasteiger partial charge in [0.1, 0.15) is 0 Å². The summed E-state index contributed by atoms with van der Waals surface area (Å²) in [5.74, 6) is 0.320. The molecular formula is C14H17BrN2O3. The molecule has 2 unspecified atom stereocenters. The van der Waals surface area contributed by atoms with E-state index in [0.717, 1.165) is 11.8 Å². The van der Waals surface area contributed by atoms with Crippen LogP contribution in [0.3, 0.4) is 0 Å². The van der Waals surface area contributed by atoms with Gasteiger partial charge in [-0.1, -0.05) is 28.9 Å². The lowest BCUT2D eigenvalue weighted by Crippen LogP contribution is -2.38. The van der Waals surface area contributed by atoms with Crippen LogP contribution in [0.25, 0.3) is 0 Å². The van der Waals surface area contributed by atoms with Gasteiger partial charge in [-0.05, 0) is 25.3 Å². The molecule has 108 valence electrons. The van der Waals surface area contributed by atoms with Gasteiger partial charge in [0.05, 0.1) is 4.92 Å². The third kappa shape index (κ3) is 2.70. The topological polar surface area (TPSA) is 63.5 Å². The second-order valence-electron chi connectivity index (χ2n) is 5.24. The lowest BCUT2D eigenvalue weighted by molar-refractivity contribution is -0.385. The van der Waals surface area contributed by atoms with Gasteiger partial charge in [-0.15, -0.1) is 0 Å².